The van der Waals surface area contributed by atoms with E-state index in [1.807, 2.05) is 0 Å². The highest BCUT2D eigenvalue weighted by molar-refractivity contribution is 5.86. The maximum atomic E-state index is 13.8. The molecule has 28 heavy (non-hydrogen) atoms. The average molecular weight is 391 g/mol. The molecule has 0 aliphatic heterocycles. The van der Waals surface area contributed by atoms with Crippen molar-refractivity contribution in [2.75, 3.05) is 0 Å². The van der Waals surface area contributed by atoms with Crippen LogP contribution in [0.1, 0.15) is 85.0 Å². The largest absolute Gasteiger partial charge is 0.481 e. The van der Waals surface area contributed by atoms with Gasteiger partial charge in [0.1, 0.15) is 5.78 Å². The second-order valence-electron chi connectivity index (χ2n) is 10.9. The average Bonchev–Trinajstić information content (AvgIpc) is 2.98. The van der Waals surface area contributed by atoms with E-state index < -0.39 is 5.97 Å². The normalized spacial score (nSPS) is 50.6. The van der Waals surface area contributed by atoms with Crippen LogP contribution in [0, 0.1) is 46.3 Å². The first-order chi connectivity index (χ1) is 13.2. The summed E-state index contributed by atoms with van der Waals surface area (Å²) in [5.74, 6) is 1.71. The molecule has 0 bridgehead atoms. The van der Waals surface area contributed by atoms with Crippen molar-refractivity contribution in [1.29, 1.82) is 0 Å². The minimum Gasteiger partial charge on any atom is -0.481 e. The summed E-state index contributed by atoms with van der Waals surface area (Å²) in [6.07, 6.45) is 8.81. The van der Waals surface area contributed by atoms with Crippen LogP contribution in [0.4, 0.5) is 0 Å². The van der Waals surface area contributed by atoms with Crippen LogP contribution in [0.25, 0.3) is 0 Å². The highest BCUT2D eigenvalue weighted by Gasteiger charge is 2.64. The molecule has 4 aliphatic carbocycles. The van der Waals surface area contributed by atoms with Crippen molar-refractivity contribution in [2.45, 2.75) is 91.1 Å². The Hall–Kier alpha value is -0.900. The third-order valence-electron chi connectivity index (χ3n) is 10.0. The smallest absolute Gasteiger partial charge is 0.303 e. The van der Waals surface area contributed by atoms with E-state index in [1.54, 1.807) is 0 Å². The van der Waals surface area contributed by atoms with Gasteiger partial charge in [-0.05, 0) is 92.3 Å². The Bertz CT molecular complexity index is 645. The number of carboxylic acids is 1. The van der Waals surface area contributed by atoms with E-state index in [-0.39, 0.29) is 35.2 Å². The lowest BCUT2D eigenvalue weighted by molar-refractivity contribution is -0.172. The number of carbonyl (C=O) groups is 2. The molecule has 4 aliphatic rings. The van der Waals surface area contributed by atoms with Gasteiger partial charge >= 0.3 is 5.97 Å². The van der Waals surface area contributed by atoms with E-state index in [2.05, 4.69) is 20.8 Å². The quantitative estimate of drug-likeness (QED) is 0.730. The second-order valence-corrected chi connectivity index (χ2v) is 10.9. The zero-order valence-corrected chi connectivity index (χ0v) is 17.8. The molecule has 0 aromatic carbocycles. The van der Waals surface area contributed by atoms with Crippen LogP contribution >= 0.6 is 0 Å². The summed E-state index contributed by atoms with van der Waals surface area (Å²) < 4.78 is 0. The van der Waals surface area contributed by atoms with Crippen molar-refractivity contribution in [3.63, 3.8) is 0 Å². The molecule has 4 fully saturated rings. The number of Topliss-reactive ketones (excluding diaryl/α,β-unsaturated/α-hetero) is 1. The fourth-order valence-electron chi connectivity index (χ4n) is 8.52. The molecule has 0 aromatic rings. The number of ketones is 1. The molecule has 4 nitrogen and oxygen atoms in total. The maximum Gasteiger partial charge on any atom is 0.303 e. The van der Waals surface area contributed by atoms with Gasteiger partial charge in [0.25, 0.3) is 0 Å². The summed E-state index contributed by atoms with van der Waals surface area (Å²) in [7, 11) is 0. The highest BCUT2D eigenvalue weighted by Crippen LogP contribution is 2.68. The zero-order valence-electron chi connectivity index (χ0n) is 17.8. The summed E-state index contributed by atoms with van der Waals surface area (Å²) in [5.41, 5.74) is 0.306. The summed E-state index contributed by atoms with van der Waals surface area (Å²) >= 11 is 0. The topological polar surface area (TPSA) is 74.6 Å². The van der Waals surface area contributed by atoms with Crippen molar-refractivity contribution < 1.29 is 19.8 Å². The van der Waals surface area contributed by atoms with Crippen LogP contribution in [0.15, 0.2) is 0 Å². The van der Waals surface area contributed by atoms with Crippen LogP contribution in [-0.2, 0) is 9.59 Å². The number of aliphatic carboxylic acids is 1. The molecule has 158 valence electrons. The molecule has 4 saturated carbocycles. The lowest BCUT2D eigenvalue weighted by atomic mass is 9.42. The fraction of sp³-hybridized carbons (Fsp3) is 0.917. The number of rotatable bonds is 4. The predicted octanol–water partition coefficient (Wildman–Crippen LogP) is 4.69. The number of aliphatic hydroxyl groups is 1. The molecule has 0 heterocycles. The minimum atomic E-state index is -0.698. The highest BCUT2D eigenvalue weighted by atomic mass is 16.4. The van der Waals surface area contributed by atoms with Crippen LogP contribution in [0.5, 0.6) is 0 Å². The van der Waals surface area contributed by atoms with Crippen LogP contribution in [0.3, 0.4) is 0 Å². The molecule has 2 N–H and O–H groups in total. The lowest BCUT2D eigenvalue weighted by Gasteiger charge is -2.62. The van der Waals surface area contributed by atoms with E-state index in [0.29, 0.717) is 29.5 Å². The molecular weight excluding hydrogens is 352 g/mol. The Morgan fingerprint density at radius 1 is 1.04 bits per heavy atom. The SMILES string of the molecule is CC[C@H]1C(=O)C2C3CCC(CCC(=O)O)[C@@]3(C)CCC2[C@@]2(C)CC[C@@H](O)C[C@@H]12. The monoisotopic (exact) mass is 390 g/mol. The van der Waals surface area contributed by atoms with Gasteiger partial charge in [0.05, 0.1) is 6.10 Å². The van der Waals surface area contributed by atoms with Gasteiger partial charge in [-0.15, -0.1) is 0 Å². The number of hydrogen-bond donors (Lipinski definition) is 2. The van der Waals surface area contributed by atoms with E-state index >= 15 is 0 Å². The first-order valence-corrected chi connectivity index (χ1v) is 11.7. The maximum absolute atomic E-state index is 13.8. The zero-order chi connectivity index (χ0) is 20.3. The molecular formula is C24H38O4. The number of carboxylic acid groups (broad SMARTS) is 1. The summed E-state index contributed by atoms with van der Waals surface area (Å²) in [6.45, 7) is 6.94. The molecule has 4 unspecified atom stereocenters. The standard InChI is InChI=1S/C24H38O4/c1-4-16-19-13-15(25)9-11-24(19,3)18-10-12-23(2)14(6-8-20(26)27)5-7-17(23)21(18)22(16)28/h14-19,21,25H,4-13H2,1-3H3,(H,26,27)/t14?,15-,16-,17?,18?,19+,21?,23-,24-/m1/s1. The Balaban J connectivity index is 1.65. The first-order valence-electron chi connectivity index (χ1n) is 11.7. The summed E-state index contributed by atoms with van der Waals surface area (Å²) in [6, 6.07) is 0. The Morgan fingerprint density at radius 3 is 2.39 bits per heavy atom. The molecule has 0 amide bonds. The van der Waals surface area contributed by atoms with Crippen LogP contribution < -0.4 is 0 Å². The molecule has 0 aromatic heterocycles. The van der Waals surface area contributed by atoms with E-state index in [9.17, 15) is 14.7 Å². The third kappa shape index (κ3) is 2.88. The van der Waals surface area contributed by atoms with Gasteiger partial charge in [-0.3, -0.25) is 9.59 Å². The van der Waals surface area contributed by atoms with Crippen molar-refractivity contribution in [1.82, 2.24) is 0 Å². The molecule has 0 spiro atoms. The first kappa shape index (κ1) is 20.4. The van der Waals surface area contributed by atoms with Gasteiger partial charge in [-0.1, -0.05) is 20.8 Å². The predicted molar refractivity (Wildman–Crippen MR) is 108 cm³/mol. The van der Waals surface area contributed by atoms with E-state index in [0.717, 1.165) is 57.8 Å². The van der Waals surface area contributed by atoms with Gasteiger partial charge in [0, 0.05) is 18.3 Å². The van der Waals surface area contributed by atoms with Gasteiger partial charge in [0.2, 0.25) is 0 Å². The summed E-state index contributed by atoms with van der Waals surface area (Å²) in [4.78, 5) is 24.9. The number of aliphatic hydroxyl groups excluding tert-OH is 1. The molecule has 9 atom stereocenters. The number of fused-ring (bicyclic) bond motifs is 5. The fourth-order valence-corrected chi connectivity index (χ4v) is 8.52. The molecule has 0 saturated heterocycles. The van der Waals surface area contributed by atoms with Crippen molar-refractivity contribution in [3.05, 3.63) is 0 Å². The molecule has 0 radical (unpaired) electrons. The van der Waals surface area contributed by atoms with Crippen molar-refractivity contribution in [2.24, 2.45) is 46.3 Å². The molecule has 4 rings (SSSR count). The van der Waals surface area contributed by atoms with E-state index in [4.69, 9.17) is 5.11 Å². The lowest BCUT2D eigenvalue weighted by Crippen LogP contribution is -2.60. The van der Waals surface area contributed by atoms with Gasteiger partial charge in [-0.25, -0.2) is 0 Å². The van der Waals surface area contributed by atoms with E-state index in [1.165, 1.54) is 0 Å². The van der Waals surface area contributed by atoms with Gasteiger partial charge in [0.15, 0.2) is 0 Å². The van der Waals surface area contributed by atoms with Crippen LogP contribution in [0.2, 0.25) is 0 Å². The van der Waals surface area contributed by atoms with Gasteiger partial charge in [-0.2, -0.15) is 0 Å². The number of carbonyl (C=O) groups excluding carboxylic acids is 1. The van der Waals surface area contributed by atoms with Crippen LogP contribution in [-0.4, -0.2) is 28.1 Å². The minimum absolute atomic E-state index is 0.0987. The third-order valence-corrected chi connectivity index (χ3v) is 10.0. The Kier molecular flexibility index (Phi) is 5.17. The Morgan fingerprint density at radius 2 is 1.71 bits per heavy atom. The van der Waals surface area contributed by atoms with Crippen molar-refractivity contribution in [3.8, 4) is 0 Å². The van der Waals surface area contributed by atoms with Gasteiger partial charge < -0.3 is 10.2 Å². The van der Waals surface area contributed by atoms with Crippen molar-refractivity contribution >= 4 is 11.8 Å². The Labute approximate surface area is 169 Å². The second kappa shape index (κ2) is 7.11. The number of hydrogen-bond acceptors (Lipinski definition) is 3. The summed E-state index contributed by atoms with van der Waals surface area (Å²) in [5, 5.41) is 19.5. The molecule has 4 heteroatoms.